The van der Waals surface area contributed by atoms with Gasteiger partial charge in [-0.15, -0.1) is 0 Å². The molecule has 0 spiro atoms. The van der Waals surface area contributed by atoms with Crippen molar-refractivity contribution in [3.63, 3.8) is 0 Å². The van der Waals surface area contributed by atoms with Gasteiger partial charge < -0.3 is 14.3 Å². The van der Waals surface area contributed by atoms with Gasteiger partial charge in [0.05, 0.1) is 0 Å². The summed E-state index contributed by atoms with van der Waals surface area (Å²) in [4.78, 5) is 0. The van der Waals surface area contributed by atoms with Crippen molar-refractivity contribution < 1.29 is 8.85 Å². The Balaban J connectivity index is 4.05. The molecule has 0 amide bonds. The van der Waals surface area contributed by atoms with E-state index in [9.17, 15) is 0 Å². The minimum atomic E-state index is -2.37. The molecule has 0 unspecified atom stereocenters. The molecule has 0 rings (SSSR count). The Morgan fingerprint density at radius 1 is 1.00 bits per heavy atom. The number of nitrogens with two attached hydrogens (primary N) is 1. The first-order valence-electron chi connectivity index (χ1n) is 5.96. The van der Waals surface area contributed by atoms with Crippen molar-refractivity contribution in [1.82, 2.24) is 0 Å². The molecule has 0 aliphatic rings. The summed E-state index contributed by atoms with van der Waals surface area (Å²) >= 11 is 0. The fourth-order valence-corrected chi connectivity index (χ4v) is 3.45. The highest BCUT2D eigenvalue weighted by Gasteiger charge is 2.32. The highest BCUT2D eigenvalue weighted by atomic mass is 28.4. The summed E-state index contributed by atoms with van der Waals surface area (Å²) in [6.07, 6.45) is 1.03. The zero-order valence-corrected chi connectivity index (χ0v) is 11.9. The molecular formula is C11H27NO2Si. The molecule has 0 aromatic heterocycles. The van der Waals surface area contributed by atoms with E-state index in [2.05, 4.69) is 34.6 Å². The average molecular weight is 233 g/mol. The predicted octanol–water partition coefficient (Wildman–Crippen LogP) is 2.64. The Labute approximate surface area is 95.7 Å². The second kappa shape index (κ2) is 7.38. The molecule has 0 saturated carbocycles. The lowest BCUT2D eigenvalue weighted by Crippen LogP contribution is -2.53. The Bertz CT molecular complexity index is 151. The molecule has 0 aromatic rings. The van der Waals surface area contributed by atoms with Gasteiger partial charge in [-0.05, 0) is 11.8 Å². The first kappa shape index (κ1) is 15.1. The lowest BCUT2D eigenvalue weighted by molar-refractivity contribution is 0.138. The number of hydrogen-bond donors (Lipinski definition) is 1. The van der Waals surface area contributed by atoms with E-state index in [0.717, 1.165) is 12.5 Å². The van der Waals surface area contributed by atoms with E-state index in [4.69, 9.17) is 14.3 Å². The molecule has 0 aliphatic carbocycles. The van der Waals surface area contributed by atoms with Gasteiger partial charge in [0.2, 0.25) is 0 Å². The quantitative estimate of drug-likeness (QED) is 0.656. The summed E-state index contributed by atoms with van der Waals surface area (Å²) in [5.41, 5.74) is 0. The van der Waals surface area contributed by atoms with Crippen molar-refractivity contribution in [2.24, 2.45) is 17.2 Å². The largest absolute Gasteiger partial charge is 0.422 e. The van der Waals surface area contributed by atoms with Crippen LogP contribution in [-0.4, -0.2) is 21.9 Å². The smallest absolute Gasteiger partial charge is 0.383 e. The Kier molecular flexibility index (Phi) is 7.43. The zero-order chi connectivity index (χ0) is 11.9. The van der Waals surface area contributed by atoms with E-state index in [-0.39, 0.29) is 0 Å². The van der Waals surface area contributed by atoms with Gasteiger partial charge in [-0.1, -0.05) is 41.0 Å². The first-order valence-corrected chi connectivity index (χ1v) is 8.06. The van der Waals surface area contributed by atoms with Crippen molar-refractivity contribution in [3.05, 3.63) is 0 Å². The van der Waals surface area contributed by atoms with Crippen molar-refractivity contribution >= 4 is 8.72 Å². The van der Waals surface area contributed by atoms with E-state index >= 15 is 0 Å². The van der Waals surface area contributed by atoms with Crippen LogP contribution in [0.5, 0.6) is 0 Å². The molecule has 0 aliphatic heterocycles. The summed E-state index contributed by atoms with van der Waals surface area (Å²) in [7, 11) is -2.37. The third kappa shape index (κ3) is 7.96. The monoisotopic (exact) mass is 233 g/mol. The SMILES string of the molecule is CCC[Si](N)(OCC(C)C)OCC(C)C. The summed E-state index contributed by atoms with van der Waals surface area (Å²) in [6.45, 7) is 12.0. The van der Waals surface area contributed by atoms with Gasteiger partial charge in [0, 0.05) is 19.3 Å². The minimum absolute atomic E-state index is 0.514. The second-order valence-electron chi connectivity index (χ2n) is 4.97. The number of hydrogen-bond acceptors (Lipinski definition) is 3. The Morgan fingerprint density at radius 2 is 1.40 bits per heavy atom. The molecular weight excluding hydrogens is 206 g/mol. The van der Waals surface area contributed by atoms with Gasteiger partial charge in [-0.2, -0.15) is 0 Å². The van der Waals surface area contributed by atoms with E-state index < -0.39 is 8.72 Å². The normalized spacial score (nSPS) is 12.8. The van der Waals surface area contributed by atoms with Crippen LogP contribution in [0, 0.1) is 11.8 Å². The third-order valence-corrected chi connectivity index (χ3v) is 4.43. The second-order valence-corrected chi connectivity index (χ2v) is 7.67. The fraction of sp³-hybridized carbons (Fsp3) is 1.00. The van der Waals surface area contributed by atoms with Gasteiger partial charge in [-0.25, -0.2) is 0 Å². The molecule has 0 saturated heterocycles. The standard InChI is InChI=1S/C11H27NO2Si/c1-6-7-15(12,13-8-10(2)3)14-9-11(4)5/h10-11H,6-9,12H2,1-5H3. The predicted molar refractivity (Wildman–Crippen MR) is 66.6 cm³/mol. The molecule has 0 aromatic carbocycles. The molecule has 0 fully saturated rings. The lowest BCUT2D eigenvalue weighted by Gasteiger charge is -2.27. The molecule has 2 N–H and O–H groups in total. The Hall–Kier alpha value is 0.0969. The van der Waals surface area contributed by atoms with Crippen LogP contribution in [0.2, 0.25) is 6.04 Å². The molecule has 0 heterocycles. The van der Waals surface area contributed by atoms with Gasteiger partial charge in [0.25, 0.3) is 0 Å². The van der Waals surface area contributed by atoms with Gasteiger partial charge in [0.1, 0.15) is 0 Å². The van der Waals surface area contributed by atoms with Crippen LogP contribution < -0.4 is 5.40 Å². The van der Waals surface area contributed by atoms with Gasteiger partial charge in [0.15, 0.2) is 0 Å². The average Bonchev–Trinajstić information content (AvgIpc) is 2.13. The van der Waals surface area contributed by atoms with Gasteiger partial charge in [-0.3, -0.25) is 0 Å². The summed E-state index contributed by atoms with van der Waals surface area (Å²) in [5, 5.41) is 6.20. The van der Waals surface area contributed by atoms with Crippen LogP contribution in [0.4, 0.5) is 0 Å². The fourth-order valence-electron chi connectivity index (χ4n) is 1.15. The Morgan fingerprint density at radius 3 is 1.67 bits per heavy atom. The summed E-state index contributed by atoms with van der Waals surface area (Å²) in [5.74, 6) is 1.03. The third-order valence-electron chi connectivity index (χ3n) is 1.92. The van der Waals surface area contributed by atoms with Crippen LogP contribution in [0.1, 0.15) is 41.0 Å². The maximum absolute atomic E-state index is 6.20. The topological polar surface area (TPSA) is 44.5 Å². The van der Waals surface area contributed by atoms with E-state index in [1.807, 2.05) is 0 Å². The molecule has 92 valence electrons. The molecule has 0 radical (unpaired) electrons. The maximum atomic E-state index is 6.20. The van der Waals surface area contributed by atoms with Crippen molar-refractivity contribution in [1.29, 1.82) is 0 Å². The highest BCUT2D eigenvalue weighted by molar-refractivity contribution is 6.63. The van der Waals surface area contributed by atoms with Crippen LogP contribution in [0.3, 0.4) is 0 Å². The molecule has 4 heteroatoms. The van der Waals surface area contributed by atoms with Crippen LogP contribution in [-0.2, 0) is 8.85 Å². The molecule has 15 heavy (non-hydrogen) atoms. The zero-order valence-electron chi connectivity index (χ0n) is 10.9. The van der Waals surface area contributed by atoms with Crippen LogP contribution in [0.25, 0.3) is 0 Å². The minimum Gasteiger partial charge on any atom is -0.383 e. The number of rotatable bonds is 8. The van der Waals surface area contributed by atoms with Crippen molar-refractivity contribution in [2.45, 2.75) is 47.1 Å². The summed E-state index contributed by atoms with van der Waals surface area (Å²) < 4.78 is 11.6. The lowest BCUT2D eigenvalue weighted by atomic mass is 10.2. The van der Waals surface area contributed by atoms with E-state index in [1.165, 1.54) is 0 Å². The maximum Gasteiger partial charge on any atom is 0.422 e. The van der Waals surface area contributed by atoms with Crippen LogP contribution in [0.15, 0.2) is 0 Å². The van der Waals surface area contributed by atoms with Crippen molar-refractivity contribution in [2.75, 3.05) is 13.2 Å². The summed E-state index contributed by atoms with van der Waals surface area (Å²) in [6, 6.07) is 0.881. The molecule has 0 bridgehead atoms. The highest BCUT2D eigenvalue weighted by Crippen LogP contribution is 2.12. The van der Waals surface area contributed by atoms with Crippen LogP contribution >= 0.6 is 0 Å². The first-order chi connectivity index (χ1) is 6.89. The van der Waals surface area contributed by atoms with Gasteiger partial charge >= 0.3 is 8.72 Å². The van der Waals surface area contributed by atoms with E-state index in [1.54, 1.807) is 0 Å². The molecule has 0 atom stereocenters. The molecule has 3 nitrogen and oxygen atoms in total. The van der Waals surface area contributed by atoms with E-state index in [0.29, 0.717) is 25.0 Å². The van der Waals surface area contributed by atoms with Crippen molar-refractivity contribution in [3.8, 4) is 0 Å².